The fourth-order valence-corrected chi connectivity index (χ4v) is 3.40. The average Bonchev–Trinajstić information content (AvgIpc) is 2.65. The van der Waals surface area contributed by atoms with Crippen molar-refractivity contribution in [3.8, 4) is 0 Å². The van der Waals surface area contributed by atoms with Gasteiger partial charge < -0.3 is 14.8 Å². The predicted molar refractivity (Wildman–Crippen MR) is 106 cm³/mol. The van der Waals surface area contributed by atoms with Gasteiger partial charge in [-0.2, -0.15) is 0 Å². The lowest BCUT2D eigenvalue weighted by molar-refractivity contribution is -0.130. The number of hydrogen-bond acceptors (Lipinski definition) is 4. The van der Waals surface area contributed by atoms with Gasteiger partial charge in [0, 0.05) is 52.2 Å². The molecule has 1 rings (SSSR count). The minimum Gasteiger partial charge on any atom is -0.381 e. The Hall–Kier alpha value is -0.940. The summed E-state index contributed by atoms with van der Waals surface area (Å²) in [6, 6.07) is 0. The number of nitrogens with one attached hydrogen (secondary N) is 1. The Bertz CT molecular complexity index is 396. The number of carbonyl (C=O) groups excluding carboxylic acids is 2. The predicted octanol–water partition coefficient (Wildman–Crippen LogP) is 3.99. The molecule has 1 N–H and O–H groups in total. The van der Waals surface area contributed by atoms with Gasteiger partial charge in [-0.15, -0.1) is 0 Å². The monoisotopic (exact) mass is 371 g/mol. The maximum Gasteiger partial charge on any atom is 0.223 e. The number of ether oxygens (including phenoxy) is 2. The number of Topliss-reactive ketones (excluding diaryl/α,β-unsaturated/α-hetero) is 1. The number of hydrogen-bond donors (Lipinski definition) is 1. The third-order valence-electron chi connectivity index (χ3n) is 5.01. The standard InChI is InChI=1S/C21H39NO4.H2/c1-4-13-25-14-5-6-15-26-16-7-12-22-21(24)19-10-8-18(9-11-19)20(23)17(2)3;/h17-19H,4-16H2,1-3H3,(H,22,24);1H. The number of ketones is 1. The molecule has 0 radical (unpaired) electrons. The number of rotatable bonds is 14. The Balaban J connectivity index is 0.00000676. The average molecular weight is 372 g/mol. The van der Waals surface area contributed by atoms with Crippen LogP contribution in [0.3, 0.4) is 0 Å². The van der Waals surface area contributed by atoms with Crippen LogP contribution in [0.25, 0.3) is 0 Å². The summed E-state index contributed by atoms with van der Waals surface area (Å²) >= 11 is 0. The third kappa shape index (κ3) is 9.67. The van der Waals surface area contributed by atoms with E-state index in [2.05, 4.69) is 12.2 Å². The van der Waals surface area contributed by atoms with Gasteiger partial charge in [-0.1, -0.05) is 20.8 Å². The maximum absolute atomic E-state index is 12.2. The van der Waals surface area contributed by atoms with Crippen molar-refractivity contribution in [2.45, 2.75) is 72.1 Å². The highest BCUT2D eigenvalue weighted by molar-refractivity contribution is 5.83. The normalized spacial score (nSPS) is 20.3. The zero-order valence-corrected chi connectivity index (χ0v) is 17.1. The van der Waals surface area contributed by atoms with Crippen LogP contribution in [-0.2, 0) is 19.1 Å². The lowest BCUT2D eigenvalue weighted by Gasteiger charge is -2.27. The Morgan fingerprint density at radius 1 is 0.923 bits per heavy atom. The van der Waals surface area contributed by atoms with Gasteiger partial charge in [0.05, 0.1) is 0 Å². The van der Waals surface area contributed by atoms with Gasteiger partial charge in [0.1, 0.15) is 5.78 Å². The Kier molecular flexibility index (Phi) is 12.6. The molecule has 0 saturated heterocycles. The highest BCUT2D eigenvalue weighted by Gasteiger charge is 2.30. The Morgan fingerprint density at radius 2 is 1.46 bits per heavy atom. The van der Waals surface area contributed by atoms with Crippen LogP contribution in [0.1, 0.15) is 73.6 Å². The van der Waals surface area contributed by atoms with Gasteiger partial charge in [-0.3, -0.25) is 9.59 Å². The van der Waals surface area contributed by atoms with E-state index in [4.69, 9.17) is 9.47 Å². The van der Waals surface area contributed by atoms with Gasteiger partial charge >= 0.3 is 0 Å². The summed E-state index contributed by atoms with van der Waals surface area (Å²) in [5.74, 6) is 0.857. The number of unbranched alkanes of at least 4 members (excludes halogenated alkanes) is 1. The molecule has 0 bridgehead atoms. The molecule has 5 heteroatoms. The second-order valence-corrected chi connectivity index (χ2v) is 7.68. The van der Waals surface area contributed by atoms with Crippen LogP contribution in [0.4, 0.5) is 0 Å². The SMILES string of the molecule is CCCOCCCCOCCCNC(=O)C1CCC(C(=O)C(C)C)CC1.[HH]. The van der Waals surface area contributed by atoms with Crippen molar-refractivity contribution in [1.82, 2.24) is 5.32 Å². The highest BCUT2D eigenvalue weighted by Crippen LogP contribution is 2.30. The van der Waals surface area contributed by atoms with Crippen molar-refractivity contribution in [3.05, 3.63) is 0 Å². The number of carbonyl (C=O) groups is 2. The second-order valence-electron chi connectivity index (χ2n) is 7.68. The van der Waals surface area contributed by atoms with E-state index in [1.807, 2.05) is 13.8 Å². The van der Waals surface area contributed by atoms with E-state index >= 15 is 0 Å². The smallest absolute Gasteiger partial charge is 0.223 e. The first-order chi connectivity index (χ1) is 12.6. The summed E-state index contributed by atoms with van der Waals surface area (Å²) in [4.78, 5) is 24.3. The summed E-state index contributed by atoms with van der Waals surface area (Å²) < 4.78 is 11.0. The van der Waals surface area contributed by atoms with Crippen LogP contribution >= 0.6 is 0 Å². The molecule has 1 amide bonds. The van der Waals surface area contributed by atoms with Crippen LogP contribution < -0.4 is 5.32 Å². The summed E-state index contributed by atoms with van der Waals surface area (Å²) in [6.07, 6.45) is 7.38. The molecule has 1 saturated carbocycles. The zero-order chi connectivity index (χ0) is 19.2. The quantitative estimate of drug-likeness (QED) is 0.469. The molecule has 0 heterocycles. The minimum atomic E-state index is 0. The molecule has 1 aliphatic rings. The van der Waals surface area contributed by atoms with E-state index in [9.17, 15) is 9.59 Å². The first-order valence-electron chi connectivity index (χ1n) is 10.5. The maximum atomic E-state index is 12.2. The van der Waals surface area contributed by atoms with Crippen LogP contribution in [0.15, 0.2) is 0 Å². The van der Waals surface area contributed by atoms with E-state index in [1.54, 1.807) is 0 Å². The van der Waals surface area contributed by atoms with Crippen molar-refractivity contribution in [2.24, 2.45) is 17.8 Å². The van der Waals surface area contributed by atoms with Crippen LogP contribution in [0.5, 0.6) is 0 Å². The van der Waals surface area contributed by atoms with Crippen LogP contribution in [0.2, 0.25) is 0 Å². The minimum absolute atomic E-state index is 0. The summed E-state index contributed by atoms with van der Waals surface area (Å²) in [6.45, 7) is 9.81. The van der Waals surface area contributed by atoms with Gasteiger partial charge in [0.2, 0.25) is 5.91 Å². The third-order valence-corrected chi connectivity index (χ3v) is 5.01. The summed E-state index contributed by atoms with van der Waals surface area (Å²) in [7, 11) is 0. The lowest BCUT2D eigenvalue weighted by atomic mass is 9.77. The molecule has 0 aromatic heterocycles. The Labute approximate surface area is 161 Å². The molecule has 5 nitrogen and oxygen atoms in total. The molecule has 0 atom stereocenters. The van der Waals surface area contributed by atoms with E-state index in [0.29, 0.717) is 18.9 Å². The van der Waals surface area contributed by atoms with Crippen molar-refractivity contribution < 1.29 is 20.5 Å². The van der Waals surface area contributed by atoms with E-state index in [0.717, 1.165) is 71.2 Å². The highest BCUT2D eigenvalue weighted by atomic mass is 16.5. The number of amides is 1. The molecule has 0 spiro atoms. The fraction of sp³-hybridized carbons (Fsp3) is 0.905. The molecule has 1 fully saturated rings. The topological polar surface area (TPSA) is 64.6 Å². The molecular weight excluding hydrogens is 330 g/mol. The van der Waals surface area contributed by atoms with Gasteiger partial charge in [-0.05, 0) is 51.4 Å². The van der Waals surface area contributed by atoms with Crippen molar-refractivity contribution in [1.29, 1.82) is 0 Å². The second kappa shape index (κ2) is 14.2. The zero-order valence-electron chi connectivity index (χ0n) is 17.1. The summed E-state index contributed by atoms with van der Waals surface area (Å²) in [5.41, 5.74) is 0. The molecule has 0 aromatic carbocycles. The van der Waals surface area contributed by atoms with Crippen molar-refractivity contribution in [3.63, 3.8) is 0 Å². The molecule has 0 unspecified atom stereocenters. The largest absolute Gasteiger partial charge is 0.381 e. The first kappa shape index (κ1) is 23.1. The van der Waals surface area contributed by atoms with Crippen molar-refractivity contribution >= 4 is 11.7 Å². The molecule has 0 aromatic rings. The van der Waals surface area contributed by atoms with Gasteiger partial charge in [0.15, 0.2) is 0 Å². The molecule has 26 heavy (non-hydrogen) atoms. The van der Waals surface area contributed by atoms with Crippen LogP contribution in [-0.4, -0.2) is 44.7 Å². The Morgan fingerprint density at radius 3 is 2.04 bits per heavy atom. The first-order valence-corrected chi connectivity index (χ1v) is 10.5. The van der Waals surface area contributed by atoms with Crippen LogP contribution in [0, 0.1) is 17.8 Å². The fourth-order valence-electron chi connectivity index (χ4n) is 3.40. The molecule has 154 valence electrons. The molecular formula is C21H41NO4. The van der Waals surface area contributed by atoms with E-state index in [-0.39, 0.29) is 25.1 Å². The van der Waals surface area contributed by atoms with Gasteiger partial charge in [0.25, 0.3) is 0 Å². The summed E-state index contributed by atoms with van der Waals surface area (Å²) in [5, 5.41) is 3.02. The van der Waals surface area contributed by atoms with Crippen molar-refractivity contribution in [2.75, 3.05) is 33.0 Å². The molecule has 0 aliphatic heterocycles. The lowest BCUT2D eigenvalue weighted by Crippen LogP contribution is -2.35. The molecule has 1 aliphatic carbocycles. The van der Waals surface area contributed by atoms with Gasteiger partial charge in [-0.25, -0.2) is 0 Å². The van der Waals surface area contributed by atoms with E-state index in [1.165, 1.54) is 0 Å². The van der Waals surface area contributed by atoms with E-state index < -0.39 is 0 Å².